The van der Waals surface area contributed by atoms with E-state index >= 15 is 0 Å². The molecule has 0 radical (unpaired) electrons. The van der Waals surface area contributed by atoms with Crippen molar-refractivity contribution in [1.29, 1.82) is 0 Å². The highest BCUT2D eigenvalue weighted by Crippen LogP contribution is 2.20. The molecule has 8 heteroatoms. The van der Waals surface area contributed by atoms with Crippen LogP contribution in [0, 0.1) is 6.92 Å². The SMILES string of the molecule is COC(=O)c1cc(S(=O)(=O)NCc2ccc(N(C)C)cc2)c(C)n1C. The summed E-state index contributed by atoms with van der Waals surface area (Å²) in [5, 5.41) is 0. The van der Waals surface area contributed by atoms with E-state index in [-0.39, 0.29) is 17.1 Å². The number of nitrogens with one attached hydrogen (secondary N) is 1. The molecule has 0 aliphatic carbocycles. The number of aromatic nitrogens is 1. The molecule has 2 rings (SSSR count). The van der Waals surface area contributed by atoms with Gasteiger partial charge in [-0.2, -0.15) is 0 Å². The summed E-state index contributed by atoms with van der Waals surface area (Å²) in [7, 11) is 3.01. The molecule has 0 saturated heterocycles. The van der Waals surface area contributed by atoms with Crippen LogP contribution < -0.4 is 9.62 Å². The highest BCUT2D eigenvalue weighted by atomic mass is 32.2. The third-order valence-electron chi connectivity index (χ3n) is 4.09. The molecule has 0 bridgehead atoms. The number of sulfonamides is 1. The van der Waals surface area contributed by atoms with Crippen LogP contribution in [-0.2, 0) is 28.4 Å². The summed E-state index contributed by atoms with van der Waals surface area (Å²) in [6.45, 7) is 1.81. The summed E-state index contributed by atoms with van der Waals surface area (Å²) in [5.41, 5.74) is 2.54. The number of nitrogens with zero attached hydrogens (tertiary/aromatic N) is 2. The Kier molecular flexibility index (Phi) is 5.54. The van der Waals surface area contributed by atoms with Gasteiger partial charge in [-0.05, 0) is 30.7 Å². The van der Waals surface area contributed by atoms with Crippen LogP contribution in [0.25, 0.3) is 0 Å². The molecular weight excluding hydrogens is 342 g/mol. The number of esters is 1. The lowest BCUT2D eigenvalue weighted by Crippen LogP contribution is -2.23. The van der Waals surface area contributed by atoms with E-state index in [1.165, 1.54) is 17.7 Å². The minimum absolute atomic E-state index is 0.0697. The van der Waals surface area contributed by atoms with Gasteiger partial charge in [0, 0.05) is 39.1 Å². The fourth-order valence-electron chi connectivity index (χ4n) is 2.41. The van der Waals surface area contributed by atoms with Crippen molar-refractivity contribution in [2.75, 3.05) is 26.1 Å². The minimum Gasteiger partial charge on any atom is -0.464 e. The van der Waals surface area contributed by atoms with Crippen molar-refractivity contribution in [3.8, 4) is 0 Å². The zero-order valence-electron chi connectivity index (χ0n) is 15.0. The maximum atomic E-state index is 12.6. The Balaban J connectivity index is 2.21. The summed E-state index contributed by atoms with van der Waals surface area (Å²) >= 11 is 0. The van der Waals surface area contributed by atoms with Crippen molar-refractivity contribution in [1.82, 2.24) is 9.29 Å². The number of hydrogen-bond acceptors (Lipinski definition) is 5. The number of anilines is 1. The second-order valence-electron chi connectivity index (χ2n) is 5.92. The van der Waals surface area contributed by atoms with Gasteiger partial charge in [-0.25, -0.2) is 17.9 Å². The first-order valence-electron chi connectivity index (χ1n) is 7.68. The molecule has 7 nitrogen and oxygen atoms in total. The third-order valence-corrected chi connectivity index (χ3v) is 5.61. The molecule has 0 fully saturated rings. The lowest BCUT2D eigenvalue weighted by Gasteiger charge is -2.13. The predicted octanol–water partition coefficient (Wildman–Crippen LogP) is 1.66. The molecule has 2 aromatic rings. The van der Waals surface area contributed by atoms with Crippen LogP contribution in [0.1, 0.15) is 21.7 Å². The number of carbonyl (C=O) groups is 1. The lowest BCUT2D eigenvalue weighted by atomic mass is 10.2. The summed E-state index contributed by atoms with van der Waals surface area (Å²) < 4.78 is 33.9. The molecular formula is C17H23N3O4S. The van der Waals surface area contributed by atoms with Crippen LogP contribution >= 0.6 is 0 Å². The number of carbonyl (C=O) groups excluding carboxylic acids is 1. The molecule has 0 unspecified atom stereocenters. The van der Waals surface area contributed by atoms with Gasteiger partial charge in [-0.3, -0.25) is 0 Å². The number of benzene rings is 1. The van der Waals surface area contributed by atoms with Crippen LogP contribution in [-0.4, -0.2) is 40.2 Å². The lowest BCUT2D eigenvalue weighted by molar-refractivity contribution is 0.0589. The average Bonchev–Trinajstić information content (AvgIpc) is 2.89. The zero-order chi connectivity index (χ0) is 18.8. The van der Waals surface area contributed by atoms with Gasteiger partial charge >= 0.3 is 5.97 Å². The maximum absolute atomic E-state index is 12.6. The van der Waals surface area contributed by atoms with Gasteiger partial charge < -0.3 is 14.2 Å². The second kappa shape index (κ2) is 7.28. The molecule has 1 heterocycles. The maximum Gasteiger partial charge on any atom is 0.354 e. The third kappa shape index (κ3) is 4.02. The molecule has 0 amide bonds. The first kappa shape index (κ1) is 19.0. The van der Waals surface area contributed by atoms with E-state index < -0.39 is 16.0 Å². The second-order valence-corrected chi connectivity index (χ2v) is 7.65. The van der Waals surface area contributed by atoms with Gasteiger partial charge in [0.2, 0.25) is 10.0 Å². The van der Waals surface area contributed by atoms with Gasteiger partial charge in [-0.1, -0.05) is 12.1 Å². The molecule has 0 spiro atoms. The Hall–Kier alpha value is -2.32. The summed E-state index contributed by atoms with van der Waals surface area (Å²) in [6, 6.07) is 8.92. The Morgan fingerprint density at radius 2 is 1.84 bits per heavy atom. The van der Waals surface area contributed by atoms with Crippen molar-refractivity contribution in [3.63, 3.8) is 0 Å². The smallest absolute Gasteiger partial charge is 0.354 e. The van der Waals surface area contributed by atoms with Crippen LogP contribution in [0.5, 0.6) is 0 Å². The van der Waals surface area contributed by atoms with Crippen molar-refractivity contribution in [3.05, 3.63) is 47.3 Å². The van der Waals surface area contributed by atoms with Gasteiger partial charge in [0.15, 0.2) is 0 Å². The molecule has 0 aliphatic heterocycles. The standard InChI is InChI=1S/C17H23N3O4S/c1-12-16(10-15(20(12)4)17(21)24-5)25(22,23)18-11-13-6-8-14(9-7-13)19(2)3/h6-10,18H,11H2,1-5H3. The van der Waals surface area contributed by atoms with E-state index in [0.717, 1.165) is 11.3 Å². The number of rotatable bonds is 6. The molecule has 0 atom stereocenters. The van der Waals surface area contributed by atoms with Crippen molar-refractivity contribution >= 4 is 21.7 Å². The van der Waals surface area contributed by atoms with E-state index in [0.29, 0.717) is 5.69 Å². The van der Waals surface area contributed by atoms with Gasteiger partial charge in [0.25, 0.3) is 0 Å². The summed E-state index contributed by atoms with van der Waals surface area (Å²) in [4.78, 5) is 13.8. The molecule has 136 valence electrons. The fourth-order valence-corrected chi connectivity index (χ4v) is 3.72. The Bertz CT molecular complexity index is 868. The first-order chi connectivity index (χ1) is 11.7. The molecule has 1 aromatic carbocycles. The highest BCUT2D eigenvalue weighted by Gasteiger charge is 2.24. The van der Waals surface area contributed by atoms with E-state index in [4.69, 9.17) is 0 Å². The predicted molar refractivity (Wildman–Crippen MR) is 96.3 cm³/mol. The van der Waals surface area contributed by atoms with Crippen LogP contribution in [0.2, 0.25) is 0 Å². The van der Waals surface area contributed by atoms with E-state index in [1.807, 2.05) is 43.3 Å². The van der Waals surface area contributed by atoms with Crippen molar-refractivity contribution < 1.29 is 17.9 Å². The minimum atomic E-state index is -3.75. The van der Waals surface area contributed by atoms with Crippen molar-refractivity contribution in [2.24, 2.45) is 7.05 Å². The van der Waals surface area contributed by atoms with Gasteiger partial charge in [-0.15, -0.1) is 0 Å². The highest BCUT2D eigenvalue weighted by molar-refractivity contribution is 7.89. The largest absolute Gasteiger partial charge is 0.464 e. The van der Waals surface area contributed by atoms with Crippen molar-refractivity contribution in [2.45, 2.75) is 18.4 Å². The molecule has 1 aromatic heterocycles. The first-order valence-corrected chi connectivity index (χ1v) is 9.16. The van der Waals surface area contributed by atoms with Gasteiger partial charge in [0.05, 0.1) is 7.11 Å². The van der Waals surface area contributed by atoms with E-state index in [9.17, 15) is 13.2 Å². The van der Waals surface area contributed by atoms with Crippen LogP contribution in [0.3, 0.4) is 0 Å². The molecule has 0 saturated carbocycles. The monoisotopic (exact) mass is 365 g/mol. The summed E-state index contributed by atoms with van der Waals surface area (Å²) in [5.74, 6) is -0.577. The molecule has 0 aliphatic rings. The normalized spacial score (nSPS) is 11.4. The molecule has 1 N–H and O–H groups in total. The van der Waals surface area contributed by atoms with Crippen LogP contribution in [0.15, 0.2) is 35.2 Å². The van der Waals surface area contributed by atoms with E-state index in [2.05, 4.69) is 9.46 Å². The Labute approximate surface area is 148 Å². The number of methoxy groups -OCH3 is 1. The van der Waals surface area contributed by atoms with Gasteiger partial charge in [0.1, 0.15) is 10.6 Å². The molecule has 25 heavy (non-hydrogen) atoms. The zero-order valence-corrected chi connectivity index (χ0v) is 15.8. The topological polar surface area (TPSA) is 80.6 Å². The summed E-state index contributed by atoms with van der Waals surface area (Å²) in [6.07, 6.45) is 0. The Morgan fingerprint density at radius 3 is 2.36 bits per heavy atom. The Morgan fingerprint density at radius 1 is 1.24 bits per heavy atom. The van der Waals surface area contributed by atoms with E-state index in [1.54, 1.807) is 14.0 Å². The average molecular weight is 365 g/mol. The fraction of sp³-hybridized carbons (Fsp3) is 0.353. The van der Waals surface area contributed by atoms with Crippen LogP contribution in [0.4, 0.5) is 5.69 Å². The number of ether oxygens (including phenoxy) is 1. The quantitative estimate of drug-likeness (QED) is 0.788. The number of hydrogen-bond donors (Lipinski definition) is 1.